The molecular formula is C28H26F3N5O3. The van der Waals surface area contributed by atoms with Gasteiger partial charge in [0.05, 0.1) is 22.9 Å². The molecule has 2 aromatic carbocycles. The summed E-state index contributed by atoms with van der Waals surface area (Å²) in [6.45, 7) is 3.26. The zero-order valence-corrected chi connectivity index (χ0v) is 21.5. The highest BCUT2D eigenvalue weighted by molar-refractivity contribution is 5.93. The van der Waals surface area contributed by atoms with E-state index < -0.39 is 34.6 Å². The van der Waals surface area contributed by atoms with Crippen LogP contribution in [0.5, 0.6) is 0 Å². The number of nitrogens with zero attached hydrogens (tertiary/aromatic N) is 3. The average Bonchev–Trinajstić information content (AvgIpc) is 3.80. The first-order valence-corrected chi connectivity index (χ1v) is 12.7. The average molecular weight is 538 g/mol. The summed E-state index contributed by atoms with van der Waals surface area (Å²) in [5.74, 6) is -3.32. The summed E-state index contributed by atoms with van der Waals surface area (Å²) in [6.07, 6.45) is 0.991. The number of fused-ring (bicyclic) bond motifs is 1. The first-order chi connectivity index (χ1) is 18.5. The van der Waals surface area contributed by atoms with Gasteiger partial charge < -0.3 is 10.6 Å². The Balaban J connectivity index is 1.64. The number of rotatable bonds is 6. The number of alkyl halides is 2. The van der Waals surface area contributed by atoms with Gasteiger partial charge in [-0.1, -0.05) is 12.1 Å². The Labute approximate surface area is 220 Å². The van der Waals surface area contributed by atoms with E-state index in [1.165, 1.54) is 35.2 Å². The van der Waals surface area contributed by atoms with Crippen LogP contribution in [0.3, 0.4) is 0 Å². The van der Waals surface area contributed by atoms with Gasteiger partial charge >= 0.3 is 5.69 Å². The molecule has 2 aromatic heterocycles. The van der Waals surface area contributed by atoms with Gasteiger partial charge in [-0.2, -0.15) is 0 Å². The number of benzene rings is 2. The Kier molecular flexibility index (Phi) is 5.53. The van der Waals surface area contributed by atoms with Crippen LogP contribution in [0.15, 0.2) is 56.8 Å². The minimum absolute atomic E-state index is 0.0448. The molecule has 0 spiro atoms. The highest BCUT2D eigenvalue weighted by atomic mass is 19.3. The van der Waals surface area contributed by atoms with E-state index in [1.54, 1.807) is 37.3 Å². The molecule has 39 heavy (non-hydrogen) atoms. The lowest BCUT2D eigenvalue weighted by Gasteiger charge is -2.21. The molecule has 8 nitrogen and oxygen atoms in total. The molecule has 2 fully saturated rings. The summed E-state index contributed by atoms with van der Waals surface area (Å²) in [5, 5.41) is 5.75. The van der Waals surface area contributed by atoms with Crippen molar-refractivity contribution in [2.75, 3.05) is 10.6 Å². The second-order valence-corrected chi connectivity index (χ2v) is 10.4. The van der Waals surface area contributed by atoms with Gasteiger partial charge in [0.1, 0.15) is 17.0 Å². The zero-order chi connectivity index (χ0) is 27.8. The molecule has 0 aliphatic heterocycles. The van der Waals surface area contributed by atoms with Crippen LogP contribution in [0.1, 0.15) is 36.4 Å². The van der Waals surface area contributed by atoms with Gasteiger partial charge in [-0.25, -0.2) is 18.0 Å². The van der Waals surface area contributed by atoms with Crippen molar-refractivity contribution in [3.8, 4) is 5.69 Å². The number of aromatic nitrogens is 3. The van der Waals surface area contributed by atoms with Crippen molar-refractivity contribution >= 4 is 28.1 Å². The number of halogens is 3. The van der Waals surface area contributed by atoms with Crippen molar-refractivity contribution in [2.45, 2.75) is 51.1 Å². The summed E-state index contributed by atoms with van der Waals surface area (Å²) >= 11 is 0. The number of anilines is 3. The number of nitrogens with one attached hydrogen (secondary N) is 2. The third-order valence-corrected chi connectivity index (χ3v) is 7.40. The van der Waals surface area contributed by atoms with E-state index in [2.05, 4.69) is 10.6 Å². The van der Waals surface area contributed by atoms with Gasteiger partial charge in [-0.15, -0.1) is 0 Å². The van der Waals surface area contributed by atoms with Crippen molar-refractivity contribution in [2.24, 2.45) is 7.05 Å². The maximum atomic E-state index is 14.8. The van der Waals surface area contributed by atoms with Gasteiger partial charge in [-0.3, -0.25) is 23.3 Å². The molecule has 202 valence electrons. The van der Waals surface area contributed by atoms with Gasteiger partial charge in [0.25, 0.3) is 17.0 Å². The fraction of sp³-hybridized carbons (Fsp3) is 0.321. The summed E-state index contributed by atoms with van der Waals surface area (Å²) < 4.78 is 45.6. The van der Waals surface area contributed by atoms with E-state index in [1.807, 2.05) is 0 Å². The van der Waals surface area contributed by atoms with Crippen LogP contribution >= 0.6 is 0 Å². The van der Waals surface area contributed by atoms with E-state index in [-0.39, 0.29) is 40.4 Å². The molecule has 2 heterocycles. The predicted molar refractivity (Wildman–Crippen MR) is 143 cm³/mol. The number of hydrogen-bond acceptors (Lipinski definition) is 5. The van der Waals surface area contributed by atoms with Crippen molar-refractivity contribution < 1.29 is 13.2 Å². The second-order valence-electron chi connectivity index (χ2n) is 10.4. The van der Waals surface area contributed by atoms with Crippen LogP contribution in [0.25, 0.3) is 16.6 Å². The quantitative estimate of drug-likeness (QED) is 0.378. The second kappa shape index (κ2) is 8.62. The molecule has 6 rings (SSSR count). The van der Waals surface area contributed by atoms with E-state index in [4.69, 9.17) is 0 Å². The van der Waals surface area contributed by atoms with E-state index in [9.17, 15) is 27.6 Å². The fourth-order valence-corrected chi connectivity index (χ4v) is 5.01. The fourth-order valence-electron chi connectivity index (χ4n) is 5.01. The molecule has 0 radical (unpaired) electrons. The van der Waals surface area contributed by atoms with Gasteiger partial charge in [-0.05, 0) is 62.6 Å². The highest BCUT2D eigenvalue weighted by Crippen LogP contribution is 2.44. The Morgan fingerprint density at radius 2 is 1.72 bits per heavy atom. The Morgan fingerprint density at radius 3 is 2.36 bits per heavy atom. The third-order valence-electron chi connectivity index (χ3n) is 7.40. The number of hydrogen-bond donors (Lipinski definition) is 2. The van der Waals surface area contributed by atoms with Crippen LogP contribution in [0.4, 0.5) is 30.4 Å². The van der Waals surface area contributed by atoms with Crippen LogP contribution in [-0.4, -0.2) is 25.7 Å². The molecule has 11 heteroatoms. The molecule has 0 saturated heterocycles. The topological polar surface area (TPSA) is 90.1 Å². The van der Waals surface area contributed by atoms with Crippen molar-refractivity contribution in [3.63, 3.8) is 0 Å². The Hall–Kier alpha value is -4.28. The molecular weight excluding hydrogens is 511 g/mol. The molecule has 0 amide bonds. The van der Waals surface area contributed by atoms with E-state index >= 15 is 0 Å². The largest absolute Gasteiger partial charge is 0.376 e. The van der Waals surface area contributed by atoms with Crippen molar-refractivity contribution in [1.29, 1.82) is 0 Å². The standard InChI is InChI=1S/C28H26F3N5O3/c1-14-7-10-20(19(29)11-14)33-24-22-23(15(2)25(37)34(24)3)35(27(39)36(26(22)38)17-8-9-17)18-6-4-5-16(12-18)32-21-13-28(21,30)31/h4-7,10-12,17,21,32-33H,8-9,13H2,1-3H3. The summed E-state index contributed by atoms with van der Waals surface area (Å²) in [5.41, 5.74) is -0.0445. The van der Waals surface area contributed by atoms with Crippen LogP contribution in [-0.2, 0) is 7.05 Å². The summed E-state index contributed by atoms with van der Waals surface area (Å²) in [4.78, 5) is 41.1. The maximum Gasteiger partial charge on any atom is 0.336 e. The lowest BCUT2D eigenvalue weighted by atomic mass is 10.1. The minimum Gasteiger partial charge on any atom is -0.376 e. The van der Waals surface area contributed by atoms with Crippen molar-refractivity contribution in [3.05, 3.63) is 90.6 Å². The van der Waals surface area contributed by atoms with Gasteiger partial charge in [0, 0.05) is 30.8 Å². The molecule has 1 atom stereocenters. The zero-order valence-electron chi connectivity index (χ0n) is 21.5. The Morgan fingerprint density at radius 1 is 1.00 bits per heavy atom. The van der Waals surface area contributed by atoms with Crippen molar-refractivity contribution in [1.82, 2.24) is 13.7 Å². The smallest absolute Gasteiger partial charge is 0.336 e. The monoisotopic (exact) mass is 537 g/mol. The first kappa shape index (κ1) is 25.0. The normalized spacial score (nSPS) is 17.8. The van der Waals surface area contributed by atoms with Gasteiger partial charge in [0.15, 0.2) is 0 Å². The van der Waals surface area contributed by atoms with E-state index in [0.29, 0.717) is 29.8 Å². The first-order valence-electron chi connectivity index (χ1n) is 12.7. The molecule has 0 bridgehead atoms. The molecule has 2 saturated carbocycles. The lowest BCUT2D eigenvalue weighted by molar-refractivity contribution is 0.115. The summed E-state index contributed by atoms with van der Waals surface area (Å²) in [7, 11) is 1.47. The van der Waals surface area contributed by atoms with E-state index in [0.717, 1.165) is 4.57 Å². The predicted octanol–water partition coefficient (Wildman–Crippen LogP) is 4.51. The van der Waals surface area contributed by atoms with Crippen LogP contribution in [0, 0.1) is 19.7 Å². The van der Waals surface area contributed by atoms with Crippen LogP contribution < -0.4 is 27.4 Å². The lowest BCUT2D eigenvalue weighted by Crippen LogP contribution is -2.41. The van der Waals surface area contributed by atoms with Gasteiger partial charge in [0.2, 0.25) is 0 Å². The van der Waals surface area contributed by atoms with Crippen LogP contribution in [0.2, 0.25) is 0 Å². The SMILES string of the molecule is Cc1ccc(Nc2c3c(=O)n(C4CC4)c(=O)n(-c4cccc(NC5CC5(F)F)c4)c3c(C)c(=O)n2C)c(F)c1. The molecule has 2 N–H and O–H groups in total. The third kappa shape index (κ3) is 4.12. The Bertz CT molecular complexity index is 1850. The molecule has 2 aliphatic rings. The highest BCUT2D eigenvalue weighted by Gasteiger charge is 2.57. The number of pyridine rings is 1. The molecule has 4 aromatic rings. The summed E-state index contributed by atoms with van der Waals surface area (Å²) in [6, 6.07) is 9.60. The molecule has 1 unspecified atom stereocenters. The number of aryl methyl sites for hydroxylation is 2. The molecule has 2 aliphatic carbocycles. The maximum absolute atomic E-state index is 14.8. The minimum atomic E-state index is -2.80.